The van der Waals surface area contributed by atoms with Crippen LogP contribution in [-0.2, 0) is 16.1 Å². The number of carbonyl (C=O) groups is 3. The third kappa shape index (κ3) is 4.74. The first-order chi connectivity index (χ1) is 12.0. The molecule has 0 aromatic heterocycles. The second-order valence-electron chi connectivity index (χ2n) is 5.19. The minimum Gasteiger partial charge on any atom is -0.478 e. The van der Waals surface area contributed by atoms with E-state index < -0.39 is 24.1 Å². The van der Waals surface area contributed by atoms with Crippen LogP contribution in [0.5, 0.6) is 0 Å². The van der Waals surface area contributed by atoms with Crippen LogP contribution in [-0.4, -0.2) is 28.5 Å². The molecule has 0 atom stereocenters. The molecule has 0 spiro atoms. The molecule has 0 bridgehead atoms. The number of carboxylic acid groups (broad SMARTS) is 1. The molecule has 4 N–H and O–H groups in total. The van der Waals surface area contributed by atoms with E-state index in [4.69, 9.17) is 5.84 Å². The van der Waals surface area contributed by atoms with E-state index in [0.717, 1.165) is 5.56 Å². The van der Waals surface area contributed by atoms with Gasteiger partial charge in [0.05, 0.1) is 12.0 Å². The van der Waals surface area contributed by atoms with E-state index in [0.29, 0.717) is 0 Å². The first-order valence-electron chi connectivity index (χ1n) is 7.47. The molecule has 0 fully saturated rings. The van der Waals surface area contributed by atoms with E-state index in [-0.39, 0.29) is 23.4 Å². The lowest BCUT2D eigenvalue weighted by molar-refractivity contribution is -0.125. The topological polar surface area (TPSA) is 122 Å². The van der Waals surface area contributed by atoms with Crippen LogP contribution in [0.15, 0.2) is 59.7 Å². The summed E-state index contributed by atoms with van der Waals surface area (Å²) in [7, 11) is 0. The summed E-state index contributed by atoms with van der Waals surface area (Å²) in [5, 5.41) is 15.2. The highest BCUT2D eigenvalue weighted by Crippen LogP contribution is 2.12. The van der Waals surface area contributed by atoms with Gasteiger partial charge >= 0.3 is 5.97 Å². The zero-order valence-electron chi connectivity index (χ0n) is 13.3. The average molecular weight is 339 g/mol. The predicted octanol–water partition coefficient (Wildman–Crippen LogP) is 1.32. The maximum absolute atomic E-state index is 12.3. The van der Waals surface area contributed by atoms with Gasteiger partial charge in [-0.1, -0.05) is 48.5 Å². The number of nitrogens with two attached hydrogens (primary N) is 1. The van der Waals surface area contributed by atoms with Crippen molar-refractivity contribution in [2.75, 3.05) is 0 Å². The molecular formula is C18H17N3O4. The van der Waals surface area contributed by atoms with Gasteiger partial charge in [0, 0.05) is 12.1 Å². The zero-order valence-corrected chi connectivity index (χ0v) is 13.3. The van der Waals surface area contributed by atoms with Crippen molar-refractivity contribution in [1.29, 1.82) is 0 Å². The monoisotopic (exact) mass is 339 g/mol. The standard InChI is InChI=1S/C18H17N3O4/c19-21-17(13-8-4-5-9-14(13)18(24)25)15(22)10-16(23)20-11-12-6-2-1-3-7-12/h1-9H,10-11,19H2,(H,20,23)(H,24,25)/b21-17+. The van der Waals surface area contributed by atoms with Gasteiger partial charge in [0.25, 0.3) is 0 Å². The number of ketones is 1. The fraction of sp³-hybridized carbons (Fsp3) is 0.111. The third-order valence-electron chi connectivity index (χ3n) is 3.46. The first-order valence-corrected chi connectivity index (χ1v) is 7.47. The highest BCUT2D eigenvalue weighted by atomic mass is 16.4. The number of nitrogens with zero attached hydrogens (tertiary/aromatic N) is 1. The second-order valence-corrected chi connectivity index (χ2v) is 5.19. The molecule has 2 aromatic carbocycles. The number of benzene rings is 2. The van der Waals surface area contributed by atoms with Gasteiger partial charge < -0.3 is 16.3 Å². The van der Waals surface area contributed by atoms with Crippen molar-refractivity contribution < 1.29 is 19.5 Å². The summed E-state index contributed by atoms with van der Waals surface area (Å²) in [6.07, 6.45) is -0.475. The highest BCUT2D eigenvalue weighted by Gasteiger charge is 2.22. The third-order valence-corrected chi connectivity index (χ3v) is 3.46. The van der Waals surface area contributed by atoms with Crippen LogP contribution in [0, 0.1) is 0 Å². The normalized spacial score (nSPS) is 11.0. The highest BCUT2D eigenvalue weighted by molar-refractivity contribution is 6.49. The Morgan fingerprint density at radius 2 is 1.56 bits per heavy atom. The van der Waals surface area contributed by atoms with Gasteiger partial charge in [0.2, 0.25) is 5.91 Å². The molecule has 0 aliphatic rings. The van der Waals surface area contributed by atoms with Gasteiger partial charge in [-0.15, -0.1) is 0 Å². The van der Waals surface area contributed by atoms with Crippen molar-refractivity contribution in [2.24, 2.45) is 10.9 Å². The van der Waals surface area contributed by atoms with E-state index in [1.165, 1.54) is 18.2 Å². The lowest BCUT2D eigenvalue weighted by Gasteiger charge is -2.08. The van der Waals surface area contributed by atoms with Crippen LogP contribution in [0.1, 0.15) is 27.9 Å². The van der Waals surface area contributed by atoms with Crippen molar-refractivity contribution in [3.8, 4) is 0 Å². The van der Waals surface area contributed by atoms with Crippen LogP contribution >= 0.6 is 0 Å². The van der Waals surface area contributed by atoms with E-state index in [1.807, 2.05) is 30.3 Å². The Kier molecular flexibility index (Phi) is 6.00. The maximum atomic E-state index is 12.3. The zero-order chi connectivity index (χ0) is 18.2. The Balaban J connectivity index is 2.06. The predicted molar refractivity (Wildman–Crippen MR) is 92.0 cm³/mol. The van der Waals surface area contributed by atoms with Crippen LogP contribution in [0.2, 0.25) is 0 Å². The molecule has 0 saturated heterocycles. The van der Waals surface area contributed by atoms with Crippen molar-refractivity contribution in [2.45, 2.75) is 13.0 Å². The first kappa shape index (κ1) is 17.9. The van der Waals surface area contributed by atoms with Crippen LogP contribution < -0.4 is 11.2 Å². The quantitative estimate of drug-likeness (QED) is 0.304. The molecule has 0 radical (unpaired) electrons. The number of carbonyl (C=O) groups excluding carboxylic acids is 2. The average Bonchev–Trinajstić information content (AvgIpc) is 2.62. The summed E-state index contributed by atoms with van der Waals surface area (Å²) in [4.78, 5) is 35.5. The molecule has 0 heterocycles. The minimum atomic E-state index is -1.21. The van der Waals surface area contributed by atoms with E-state index in [1.54, 1.807) is 6.07 Å². The largest absolute Gasteiger partial charge is 0.478 e. The number of hydrogen-bond acceptors (Lipinski definition) is 5. The minimum absolute atomic E-state index is 0.0818. The molecule has 2 rings (SSSR count). The molecule has 0 unspecified atom stereocenters. The number of amides is 1. The molecule has 0 aliphatic heterocycles. The van der Waals surface area contributed by atoms with Crippen molar-refractivity contribution in [3.05, 3.63) is 71.3 Å². The summed E-state index contributed by atoms with van der Waals surface area (Å²) in [6.45, 7) is 0.285. The Bertz CT molecular complexity index is 816. The molecule has 2 aromatic rings. The number of hydrazone groups is 1. The number of hydrogen-bond donors (Lipinski definition) is 3. The summed E-state index contributed by atoms with van der Waals surface area (Å²) < 4.78 is 0. The second kappa shape index (κ2) is 8.39. The van der Waals surface area contributed by atoms with Crippen molar-refractivity contribution in [3.63, 3.8) is 0 Å². The summed E-state index contributed by atoms with van der Waals surface area (Å²) >= 11 is 0. The Hall–Kier alpha value is -3.48. The lowest BCUT2D eigenvalue weighted by Crippen LogP contribution is -2.29. The fourth-order valence-corrected chi connectivity index (χ4v) is 2.26. The molecule has 25 heavy (non-hydrogen) atoms. The number of nitrogens with one attached hydrogen (secondary N) is 1. The van der Waals surface area contributed by atoms with Gasteiger partial charge in [-0.05, 0) is 11.6 Å². The molecule has 7 nitrogen and oxygen atoms in total. The van der Waals surface area contributed by atoms with Crippen molar-refractivity contribution >= 4 is 23.4 Å². The Morgan fingerprint density at radius 3 is 2.16 bits per heavy atom. The van der Waals surface area contributed by atoms with E-state index in [2.05, 4.69) is 10.4 Å². The van der Waals surface area contributed by atoms with E-state index >= 15 is 0 Å². The van der Waals surface area contributed by atoms with Gasteiger partial charge in [-0.25, -0.2) is 4.79 Å². The fourth-order valence-electron chi connectivity index (χ4n) is 2.26. The molecule has 0 aliphatic carbocycles. The number of carboxylic acids is 1. The number of Topliss-reactive ketones (excluding diaryl/α,β-unsaturated/α-hetero) is 1. The maximum Gasteiger partial charge on any atom is 0.336 e. The Labute approximate surface area is 144 Å². The molecule has 1 amide bonds. The molecular weight excluding hydrogens is 322 g/mol. The molecule has 0 saturated carbocycles. The summed E-state index contributed by atoms with van der Waals surface area (Å²) in [5.74, 6) is 2.90. The Morgan fingerprint density at radius 1 is 0.960 bits per heavy atom. The van der Waals surface area contributed by atoms with Crippen LogP contribution in [0.25, 0.3) is 0 Å². The smallest absolute Gasteiger partial charge is 0.336 e. The van der Waals surface area contributed by atoms with Crippen LogP contribution in [0.3, 0.4) is 0 Å². The lowest BCUT2D eigenvalue weighted by atomic mass is 9.98. The number of rotatable bonds is 7. The van der Waals surface area contributed by atoms with Crippen molar-refractivity contribution in [1.82, 2.24) is 5.32 Å². The molecule has 7 heteroatoms. The van der Waals surface area contributed by atoms with Gasteiger partial charge in [-0.3, -0.25) is 9.59 Å². The molecule has 128 valence electrons. The summed E-state index contributed by atoms with van der Waals surface area (Å²) in [6, 6.07) is 15.1. The van der Waals surface area contributed by atoms with Gasteiger partial charge in [0.15, 0.2) is 5.78 Å². The van der Waals surface area contributed by atoms with E-state index in [9.17, 15) is 19.5 Å². The summed E-state index contributed by atoms with van der Waals surface area (Å²) in [5.41, 5.74) is 0.628. The van der Waals surface area contributed by atoms with Gasteiger partial charge in [-0.2, -0.15) is 5.10 Å². The number of aromatic carboxylic acids is 1. The SMILES string of the molecule is N/N=C(/C(=O)CC(=O)NCc1ccccc1)c1ccccc1C(=O)O. The van der Waals surface area contributed by atoms with Gasteiger partial charge in [0.1, 0.15) is 5.71 Å². The van der Waals surface area contributed by atoms with Crippen LogP contribution in [0.4, 0.5) is 0 Å².